The molecule has 0 aromatic heterocycles. The first kappa shape index (κ1) is 17.6. The number of hydrogen-bond acceptors (Lipinski definition) is 5. The fourth-order valence-corrected chi connectivity index (χ4v) is 2.56. The van der Waals surface area contributed by atoms with Gasteiger partial charge in [-0.2, -0.15) is 10.1 Å². The van der Waals surface area contributed by atoms with Crippen LogP contribution in [0.25, 0.3) is 0 Å². The second-order valence-electron chi connectivity index (χ2n) is 4.84. The van der Waals surface area contributed by atoms with E-state index in [9.17, 15) is 9.59 Å². The van der Waals surface area contributed by atoms with Crippen molar-refractivity contribution in [1.29, 1.82) is 0 Å². The van der Waals surface area contributed by atoms with Gasteiger partial charge in [0.05, 0.1) is 12.3 Å². The molecule has 122 valence electrons. The summed E-state index contributed by atoms with van der Waals surface area (Å²) >= 11 is 8.61. The summed E-state index contributed by atoms with van der Waals surface area (Å²) in [4.78, 5) is 25.1. The van der Waals surface area contributed by atoms with Crippen molar-refractivity contribution in [3.8, 4) is 0 Å². The van der Waals surface area contributed by atoms with Gasteiger partial charge < -0.3 is 9.64 Å². The van der Waals surface area contributed by atoms with Crippen LogP contribution in [0.15, 0.2) is 33.8 Å². The fourth-order valence-electron chi connectivity index (χ4n) is 2.02. The Balaban J connectivity index is 2.12. The van der Waals surface area contributed by atoms with Gasteiger partial charge in [0.1, 0.15) is 13.1 Å². The van der Waals surface area contributed by atoms with Crippen molar-refractivity contribution in [2.75, 3.05) is 19.7 Å². The van der Waals surface area contributed by atoms with Gasteiger partial charge in [-0.1, -0.05) is 28.1 Å². The summed E-state index contributed by atoms with van der Waals surface area (Å²) in [6.45, 7) is 3.78. The molecule has 1 saturated heterocycles. The van der Waals surface area contributed by atoms with Gasteiger partial charge in [0.15, 0.2) is 0 Å². The van der Waals surface area contributed by atoms with Crippen molar-refractivity contribution in [2.24, 2.45) is 5.10 Å². The molecule has 0 atom stereocenters. The number of nitrogens with zero attached hydrogens (tertiary/aromatic N) is 3. The predicted octanol–water partition coefficient (Wildman–Crippen LogP) is 2.17. The van der Waals surface area contributed by atoms with E-state index in [1.807, 2.05) is 24.3 Å². The molecule has 0 aliphatic carbocycles. The van der Waals surface area contributed by atoms with E-state index in [1.165, 1.54) is 4.90 Å². The SMILES string of the molecule is CCOC(=O)CN1CC(=O)N(/N=C(\C)c2ccc(Br)cc2)C1=S. The largest absolute Gasteiger partial charge is 0.465 e. The Hall–Kier alpha value is -1.80. The highest BCUT2D eigenvalue weighted by atomic mass is 79.9. The van der Waals surface area contributed by atoms with E-state index in [2.05, 4.69) is 21.0 Å². The molecule has 0 unspecified atom stereocenters. The van der Waals surface area contributed by atoms with Gasteiger partial charge in [0, 0.05) is 4.47 Å². The van der Waals surface area contributed by atoms with E-state index in [0.717, 1.165) is 15.0 Å². The number of carbonyl (C=O) groups is 2. The maximum Gasteiger partial charge on any atom is 0.325 e. The number of hydrogen-bond donors (Lipinski definition) is 0. The lowest BCUT2D eigenvalue weighted by atomic mass is 10.1. The van der Waals surface area contributed by atoms with Gasteiger partial charge >= 0.3 is 5.97 Å². The monoisotopic (exact) mass is 397 g/mol. The lowest BCUT2D eigenvalue weighted by Crippen LogP contribution is -2.34. The molecule has 0 N–H and O–H groups in total. The van der Waals surface area contributed by atoms with Crippen LogP contribution in [-0.4, -0.2) is 52.3 Å². The third-order valence-electron chi connectivity index (χ3n) is 3.15. The van der Waals surface area contributed by atoms with Crippen LogP contribution in [0.2, 0.25) is 0 Å². The zero-order valence-corrected chi connectivity index (χ0v) is 15.2. The number of carbonyl (C=O) groups excluding carboxylic acids is 2. The highest BCUT2D eigenvalue weighted by Crippen LogP contribution is 2.15. The molecule has 0 spiro atoms. The van der Waals surface area contributed by atoms with Crippen molar-refractivity contribution in [3.63, 3.8) is 0 Å². The Kier molecular flexibility index (Phi) is 5.84. The van der Waals surface area contributed by atoms with Crippen molar-refractivity contribution >= 4 is 50.8 Å². The third kappa shape index (κ3) is 4.35. The predicted molar refractivity (Wildman–Crippen MR) is 94.0 cm³/mol. The molecule has 23 heavy (non-hydrogen) atoms. The minimum atomic E-state index is -0.418. The maximum absolute atomic E-state index is 12.1. The molecule has 6 nitrogen and oxygen atoms in total. The number of ether oxygens (including phenoxy) is 1. The molecule has 1 fully saturated rings. The molecular formula is C15H16BrN3O3S. The summed E-state index contributed by atoms with van der Waals surface area (Å²) in [5.74, 6) is -0.686. The number of halogens is 1. The van der Waals surface area contributed by atoms with Gasteiger partial charge in [0.2, 0.25) is 5.11 Å². The molecule has 2 rings (SSSR count). The van der Waals surface area contributed by atoms with Crippen molar-refractivity contribution in [3.05, 3.63) is 34.3 Å². The van der Waals surface area contributed by atoms with Crippen molar-refractivity contribution < 1.29 is 14.3 Å². The Labute approximate surface area is 148 Å². The summed E-state index contributed by atoms with van der Waals surface area (Å²) in [5, 5.41) is 5.66. The highest BCUT2D eigenvalue weighted by Gasteiger charge is 2.34. The summed E-state index contributed by atoms with van der Waals surface area (Å²) in [6.07, 6.45) is 0. The molecule has 1 aliphatic heterocycles. The van der Waals surface area contributed by atoms with Crippen LogP contribution in [0.5, 0.6) is 0 Å². The Bertz CT molecular complexity index is 660. The second kappa shape index (κ2) is 7.65. The first-order chi connectivity index (χ1) is 10.9. The third-order valence-corrected chi connectivity index (χ3v) is 4.11. The highest BCUT2D eigenvalue weighted by molar-refractivity contribution is 9.10. The number of amides is 1. The van der Waals surface area contributed by atoms with Gasteiger partial charge in [0.25, 0.3) is 5.91 Å². The minimum Gasteiger partial charge on any atom is -0.465 e. The molecule has 1 heterocycles. The molecule has 8 heteroatoms. The van der Waals surface area contributed by atoms with E-state index in [4.69, 9.17) is 17.0 Å². The van der Waals surface area contributed by atoms with Gasteiger partial charge in [-0.25, -0.2) is 0 Å². The molecule has 1 aromatic rings. The number of benzene rings is 1. The molecule has 1 amide bonds. The van der Waals surface area contributed by atoms with E-state index >= 15 is 0 Å². The Morgan fingerprint density at radius 2 is 2.04 bits per heavy atom. The molecule has 1 aromatic carbocycles. The topological polar surface area (TPSA) is 62.2 Å². The van der Waals surface area contributed by atoms with Gasteiger partial charge in [-0.05, 0) is 43.8 Å². The summed E-state index contributed by atoms with van der Waals surface area (Å²) in [7, 11) is 0. The van der Waals surface area contributed by atoms with Crippen LogP contribution in [0.1, 0.15) is 19.4 Å². The first-order valence-electron chi connectivity index (χ1n) is 7.01. The lowest BCUT2D eigenvalue weighted by molar-refractivity contribution is -0.143. The number of esters is 1. The smallest absolute Gasteiger partial charge is 0.325 e. The second-order valence-corrected chi connectivity index (χ2v) is 6.12. The molecular weight excluding hydrogens is 382 g/mol. The quantitative estimate of drug-likeness (QED) is 0.432. The van der Waals surface area contributed by atoms with E-state index in [1.54, 1.807) is 13.8 Å². The van der Waals surface area contributed by atoms with E-state index < -0.39 is 5.97 Å². The fraction of sp³-hybridized carbons (Fsp3) is 0.333. The molecule has 0 saturated carbocycles. The average Bonchev–Trinajstić information content (AvgIpc) is 2.75. The van der Waals surface area contributed by atoms with Gasteiger partial charge in [-0.3, -0.25) is 9.59 Å². The first-order valence-corrected chi connectivity index (χ1v) is 8.21. The zero-order valence-electron chi connectivity index (χ0n) is 12.8. The minimum absolute atomic E-state index is 0.0226. The number of rotatable bonds is 5. The van der Waals surface area contributed by atoms with Crippen LogP contribution >= 0.6 is 28.1 Å². The Morgan fingerprint density at radius 3 is 2.65 bits per heavy atom. The van der Waals surface area contributed by atoms with Crippen LogP contribution in [0, 0.1) is 0 Å². The van der Waals surface area contributed by atoms with Gasteiger partial charge in [-0.15, -0.1) is 0 Å². The lowest BCUT2D eigenvalue weighted by Gasteiger charge is -2.16. The zero-order chi connectivity index (χ0) is 17.0. The summed E-state index contributed by atoms with van der Waals surface area (Å²) in [5.41, 5.74) is 1.54. The number of thiocarbonyl (C=S) groups is 1. The van der Waals surface area contributed by atoms with E-state index in [-0.39, 0.29) is 30.7 Å². The molecule has 0 radical (unpaired) electrons. The Morgan fingerprint density at radius 1 is 1.39 bits per heavy atom. The normalized spacial score (nSPS) is 15.3. The van der Waals surface area contributed by atoms with Crippen molar-refractivity contribution in [1.82, 2.24) is 9.91 Å². The van der Waals surface area contributed by atoms with Crippen LogP contribution < -0.4 is 0 Å². The van der Waals surface area contributed by atoms with Crippen LogP contribution in [0.4, 0.5) is 0 Å². The number of hydrazone groups is 1. The van der Waals surface area contributed by atoms with E-state index in [0.29, 0.717) is 5.71 Å². The maximum atomic E-state index is 12.1. The summed E-state index contributed by atoms with van der Waals surface area (Å²) in [6, 6.07) is 7.57. The molecule has 1 aliphatic rings. The standard InChI is InChI=1S/C15H16BrN3O3S/c1-3-22-14(21)9-18-8-13(20)19(15(18)23)17-10(2)11-4-6-12(16)7-5-11/h4-7H,3,8-9H2,1-2H3/b17-10+. The van der Waals surface area contributed by atoms with Crippen molar-refractivity contribution in [2.45, 2.75) is 13.8 Å². The van der Waals surface area contributed by atoms with Crippen LogP contribution in [0.3, 0.4) is 0 Å². The van der Waals surface area contributed by atoms with Crippen LogP contribution in [-0.2, 0) is 14.3 Å². The molecule has 0 bridgehead atoms. The summed E-state index contributed by atoms with van der Waals surface area (Å²) < 4.78 is 5.83. The average molecular weight is 398 g/mol.